The van der Waals surface area contributed by atoms with E-state index in [-0.39, 0.29) is 79.9 Å². The highest BCUT2D eigenvalue weighted by Crippen LogP contribution is 2.42. The zero-order valence-electron chi connectivity index (χ0n) is 34.9. The van der Waals surface area contributed by atoms with Gasteiger partial charge in [-0.1, -0.05) is 82.8 Å². The van der Waals surface area contributed by atoms with Crippen molar-refractivity contribution in [3.05, 3.63) is 128 Å². The van der Waals surface area contributed by atoms with Crippen LogP contribution in [-0.4, -0.2) is 62.4 Å². The predicted molar refractivity (Wildman–Crippen MR) is 242 cm³/mol. The summed E-state index contributed by atoms with van der Waals surface area (Å²) in [6.45, 7) is -0.306. The molecule has 2 amide bonds. The van der Waals surface area contributed by atoms with Crippen molar-refractivity contribution >= 4 is 77.9 Å². The minimum Gasteiger partial charge on any atom is -0.373 e. The summed E-state index contributed by atoms with van der Waals surface area (Å²) in [5.41, 5.74) is -1.31. The lowest BCUT2D eigenvalue weighted by Gasteiger charge is -2.21. The number of halogens is 6. The minimum absolute atomic E-state index is 0.00379. The van der Waals surface area contributed by atoms with E-state index in [9.17, 15) is 45.7 Å². The van der Waals surface area contributed by atoms with Crippen LogP contribution < -0.4 is 10.6 Å². The Labute approximate surface area is 401 Å². The van der Waals surface area contributed by atoms with Gasteiger partial charge in [-0.15, -0.1) is 0 Å². The number of hydrogen-bond donors (Lipinski definition) is 2. The van der Waals surface area contributed by atoms with Gasteiger partial charge in [-0.05, 0) is 99.9 Å². The third-order valence-electron chi connectivity index (χ3n) is 12.3. The summed E-state index contributed by atoms with van der Waals surface area (Å²) in [5, 5.41) is 23.0. The Morgan fingerprint density at radius 2 is 0.970 bits per heavy atom. The van der Waals surface area contributed by atoms with Crippen LogP contribution in [0.25, 0.3) is 0 Å². The van der Waals surface area contributed by atoms with Crippen LogP contribution in [0.5, 0.6) is 0 Å². The number of benzene rings is 4. The molecule has 66 heavy (non-hydrogen) atoms. The van der Waals surface area contributed by atoms with Crippen LogP contribution >= 0.6 is 46.4 Å². The standard InChI is InChI=1S/2C23H21Cl2FN2O4S/c2*24-15-6-5-14(19(26)9-15)12-32-20-11-16(33(30,31)21-4-2-1-3-18(21)25)10-17(20)22(29)28-23(13-27)7-8-23/h2*1-6,9,16-17,20H,7-8,10-12H2,(H,28,29)/t2*16-,17-,20-/m10/s1. The molecule has 4 fully saturated rings. The number of rotatable bonds is 14. The van der Waals surface area contributed by atoms with Crippen LogP contribution in [0, 0.1) is 46.1 Å². The average Bonchev–Trinajstić information content (AvgIpc) is 4.13. The fourth-order valence-electron chi connectivity index (χ4n) is 8.15. The molecule has 0 heterocycles. The molecule has 4 aromatic carbocycles. The molecule has 0 bridgehead atoms. The van der Waals surface area contributed by atoms with Crippen LogP contribution in [-0.2, 0) is 52.0 Å². The van der Waals surface area contributed by atoms with E-state index >= 15 is 0 Å². The maximum atomic E-state index is 14.2. The predicted octanol–water partition coefficient (Wildman–Crippen LogP) is 8.89. The van der Waals surface area contributed by atoms with E-state index in [0.717, 1.165) is 12.1 Å². The zero-order chi connectivity index (χ0) is 47.6. The molecule has 4 aromatic rings. The number of amides is 2. The molecule has 4 saturated carbocycles. The number of nitrogens with zero attached hydrogens (tertiary/aromatic N) is 2. The normalized spacial score (nSPS) is 23.6. The fraction of sp³-hybridized carbons (Fsp3) is 0.391. The first kappa shape index (κ1) is 49.5. The summed E-state index contributed by atoms with van der Waals surface area (Å²) in [6, 6.07) is 24.8. The molecule has 8 rings (SSSR count). The van der Waals surface area contributed by atoms with E-state index < -0.39 is 88.7 Å². The highest BCUT2D eigenvalue weighted by molar-refractivity contribution is 7.92. The molecule has 0 aromatic heterocycles. The SMILES string of the molecule is N#CC1(NC(=O)[C@@H]2C[C@@H](S(=O)(=O)c3ccccc3Cl)C[C@H]2OCc2ccc(Cl)cc2F)CC1.N#CC1(NC(=O)[C@H]2C[C@H](S(=O)(=O)c3ccccc3Cl)C[C@@H]2OCc2ccc(Cl)cc2F)CC1. The molecule has 6 atom stereocenters. The molecule has 0 saturated heterocycles. The van der Waals surface area contributed by atoms with Crippen LogP contribution in [0.1, 0.15) is 62.5 Å². The maximum Gasteiger partial charge on any atom is 0.227 e. The Balaban J connectivity index is 0.000000196. The summed E-state index contributed by atoms with van der Waals surface area (Å²) < 4.78 is 93.3. The van der Waals surface area contributed by atoms with Crippen LogP contribution in [0.2, 0.25) is 20.1 Å². The first-order chi connectivity index (χ1) is 31.3. The highest BCUT2D eigenvalue weighted by Gasteiger charge is 2.52. The number of hydrogen-bond acceptors (Lipinski definition) is 10. The van der Waals surface area contributed by atoms with Crippen molar-refractivity contribution in [3.63, 3.8) is 0 Å². The van der Waals surface area contributed by atoms with Gasteiger partial charge >= 0.3 is 0 Å². The molecule has 0 radical (unpaired) electrons. The Kier molecular flexibility index (Phi) is 15.1. The van der Waals surface area contributed by atoms with E-state index in [1.807, 2.05) is 0 Å². The molecule has 2 N–H and O–H groups in total. The lowest BCUT2D eigenvalue weighted by Crippen LogP contribution is -2.42. The molecule has 20 heteroatoms. The number of ether oxygens (including phenoxy) is 2. The Morgan fingerprint density at radius 1 is 0.606 bits per heavy atom. The quantitative estimate of drug-likeness (QED) is 0.123. The van der Waals surface area contributed by atoms with Crippen molar-refractivity contribution in [2.45, 2.75) is 108 Å². The van der Waals surface area contributed by atoms with Crippen molar-refractivity contribution in [2.75, 3.05) is 0 Å². The van der Waals surface area contributed by atoms with E-state index in [2.05, 4.69) is 22.8 Å². The van der Waals surface area contributed by atoms with Gasteiger partial charge in [-0.25, -0.2) is 25.6 Å². The van der Waals surface area contributed by atoms with E-state index in [1.54, 1.807) is 24.3 Å². The minimum atomic E-state index is -3.85. The zero-order valence-corrected chi connectivity index (χ0v) is 39.5. The molecule has 4 aliphatic rings. The second-order valence-electron chi connectivity index (χ2n) is 16.9. The topological polar surface area (TPSA) is 193 Å². The summed E-state index contributed by atoms with van der Waals surface area (Å²) in [6.07, 6.45) is 0.726. The van der Waals surface area contributed by atoms with Crippen molar-refractivity contribution in [1.29, 1.82) is 10.5 Å². The molecule has 0 aliphatic heterocycles. The lowest BCUT2D eigenvalue weighted by molar-refractivity contribution is -0.131. The van der Waals surface area contributed by atoms with Crippen LogP contribution in [0.15, 0.2) is 94.7 Å². The van der Waals surface area contributed by atoms with Gasteiger partial charge in [-0.3, -0.25) is 9.59 Å². The van der Waals surface area contributed by atoms with Crippen molar-refractivity contribution < 1.29 is 44.7 Å². The molecule has 0 spiro atoms. The average molecular weight is 1020 g/mol. The number of nitriles is 2. The van der Waals surface area contributed by atoms with Gasteiger partial charge in [0.2, 0.25) is 11.8 Å². The van der Waals surface area contributed by atoms with Gasteiger partial charge in [0.05, 0.1) is 79.7 Å². The summed E-state index contributed by atoms with van der Waals surface area (Å²) >= 11 is 23.8. The summed E-state index contributed by atoms with van der Waals surface area (Å²) in [4.78, 5) is 26.0. The number of carbonyl (C=O) groups is 2. The summed E-state index contributed by atoms with van der Waals surface area (Å²) in [7, 11) is -7.70. The molecular formula is C46H42Cl4F2N4O8S2. The van der Waals surface area contributed by atoms with E-state index in [4.69, 9.17) is 55.9 Å². The second-order valence-corrected chi connectivity index (χ2v) is 23.0. The van der Waals surface area contributed by atoms with Gasteiger partial charge in [-0.2, -0.15) is 10.5 Å². The van der Waals surface area contributed by atoms with Crippen molar-refractivity contribution in [1.82, 2.24) is 10.6 Å². The monoisotopic (exact) mass is 1020 g/mol. The smallest absolute Gasteiger partial charge is 0.227 e. The Bertz CT molecular complexity index is 2650. The number of sulfone groups is 2. The largest absolute Gasteiger partial charge is 0.373 e. The summed E-state index contributed by atoms with van der Waals surface area (Å²) in [5.74, 6) is -3.60. The van der Waals surface area contributed by atoms with Crippen LogP contribution in [0.4, 0.5) is 8.78 Å². The Hall–Kier alpha value is -4.36. The van der Waals surface area contributed by atoms with Gasteiger partial charge in [0.25, 0.3) is 0 Å². The van der Waals surface area contributed by atoms with Gasteiger partial charge < -0.3 is 20.1 Å². The number of nitrogens with one attached hydrogen (secondary N) is 2. The molecule has 4 aliphatic carbocycles. The maximum absolute atomic E-state index is 14.2. The molecule has 348 valence electrons. The van der Waals surface area contributed by atoms with Crippen LogP contribution in [0.3, 0.4) is 0 Å². The van der Waals surface area contributed by atoms with Gasteiger partial charge in [0, 0.05) is 21.2 Å². The third-order valence-corrected chi connectivity index (χ3v) is 18.2. The molecule has 0 unspecified atom stereocenters. The lowest BCUT2D eigenvalue weighted by atomic mass is 10.0. The Morgan fingerprint density at radius 3 is 1.29 bits per heavy atom. The van der Waals surface area contributed by atoms with E-state index in [0.29, 0.717) is 25.7 Å². The van der Waals surface area contributed by atoms with E-state index in [1.165, 1.54) is 48.5 Å². The second kappa shape index (κ2) is 20.1. The molecule has 12 nitrogen and oxygen atoms in total. The highest BCUT2D eigenvalue weighted by atomic mass is 35.5. The fourth-order valence-corrected chi connectivity index (χ4v) is 13.1. The van der Waals surface area contributed by atoms with Crippen molar-refractivity contribution in [2.24, 2.45) is 11.8 Å². The first-order valence-electron chi connectivity index (χ1n) is 20.8. The first-order valence-corrected chi connectivity index (χ1v) is 25.5. The van der Waals surface area contributed by atoms with Crippen molar-refractivity contribution in [3.8, 4) is 12.1 Å². The van der Waals surface area contributed by atoms with Gasteiger partial charge in [0.1, 0.15) is 22.7 Å². The van der Waals surface area contributed by atoms with Gasteiger partial charge in [0.15, 0.2) is 19.7 Å². The molecular weight excluding hydrogens is 980 g/mol. The number of carbonyl (C=O) groups excluding carboxylic acids is 2. The third kappa shape index (κ3) is 11.1.